The summed E-state index contributed by atoms with van der Waals surface area (Å²) in [5.74, 6) is 3.07. The van der Waals surface area contributed by atoms with Crippen molar-refractivity contribution in [2.45, 2.75) is 19.4 Å². The number of hydrogen-bond acceptors (Lipinski definition) is 3. The van der Waals surface area contributed by atoms with Crippen LogP contribution in [0.2, 0.25) is 0 Å². The van der Waals surface area contributed by atoms with Gasteiger partial charge in [0.1, 0.15) is 6.61 Å². The van der Waals surface area contributed by atoms with Crippen LogP contribution < -0.4 is 11.1 Å². The Labute approximate surface area is 74.0 Å². The minimum absolute atomic E-state index is 0.00438. The molecular weight excluding hydrogens is 152 g/mol. The number of nitrogens with one attached hydrogen (secondary N) is 1. The van der Waals surface area contributed by atoms with E-state index in [-0.39, 0.29) is 6.04 Å². The monoisotopic (exact) mass is 168 g/mol. The van der Waals surface area contributed by atoms with Crippen LogP contribution in [0.1, 0.15) is 13.3 Å². The third-order valence-electron chi connectivity index (χ3n) is 1.34. The number of ether oxygens (including phenoxy) is 1. The standard InChI is InChI=1S/C9H16N2O/c1-4-9(5-2)11-8(3)12-7-6-10/h1,9,11H,3,5-7,10H2,2H3. The van der Waals surface area contributed by atoms with Gasteiger partial charge in [-0.3, -0.25) is 0 Å². The van der Waals surface area contributed by atoms with E-state index in [2.05, 4.69) is 17.8 Å². The highest BCUT2D eigenvalue weighted by Crippen LogP contribution is 1.94. The average molecular weight is 168 g/mol. The van der Waals surface area contributed by atoms with Gasteiger partial charge in [0.05, 0.1) is 6.04 Å². The maximum atomic E-state index is 5.24. The van der Waals surface area contributed by atoms with Crippen molar-refractivity contribution in [2.75, 3.05) is 13.2 Å². The van der Waals surface area contributed by atoms with E-state index >= 15 is 0 Å². The van der Waals surface area contributed by atoms with Crippen LogP contribution in [0.15, 0.2) is 12.5 Å². The molecule has 0 rings (SSSR count). The smallest absolute Gasteiger partial charge is 0.180 e. The summed E-state index contributed by atoms with van der Waals surface area (Å²) in [6, 6.07) is -0.00438. The molecule has 0 aromatic rings. The molecule has 1 unspecified atom stereocenters. The lowest BCUT2D eigenvalue weighted by Gasteiger charge is -2.14. The van der Waals surface area contributed by atoms with Gasteiger partial charge in [0.25, 0.3) is 0 Å². The Balaban J connectivity index is 3.61. The highest BCUT2D eigenvalue weighted by Gasteiger charge is 2.01. The van der Waals surface area contributed by atoms with Crippen LogP contribution in [0.25, 0.3) is 0 Å². The molecular formula is C9H16N2O. The molecule has 0 amide bonds. The lowest BCUT2D eigenvalue weighted by molar-refractivity contribution is 0.196. The topological polar surface area (TPSA) is 47.3 Å². The third-order valence-corrected chi connectivity index (χ3v) is 1.34. The van der Waals surface area contributed by atoms with Crippen molar-refractivity contribution in [3.63, 3.8) is 0 Å². The zero-order chi connectivity index (χ0) is 9.40. The minimum atomic E-state index is -0.00438. The van der Waals surface area contributed by atoms with E-state index in [0.717, 1.165) is 6.42 Å². The molecule has 0 aliphatic heterocycles. The predicted octanol–water partition coefficient (Wildman–Crippen LogP) is 0.434. The summed E-state index contributed by atoms with van der Waals surface area (Å²) < 4.78 is 5.10. The molecule has 0 aliphatic rings. The zero-order valence-electron chi connectivity index (χ0n) is 7.47. The number of rotatable bonds is 6. The summed E-state index contributed by atoms with van der Waals surface area (Å²) in [5, 5.41) is 2.94. The van der Waals surface area contributed by atoms with Gasteiger partial charge in [0.15, 0.2) is 5.88 Å². The quantitative estimate of drug-likeness (QED) is 0.447. The third kappa shape index (κ3) is 4.64. The molecule has 3 N–H and O–H groups in total. The molecule has 1 atom stereocenters. The van der Waals surface area contributed by atoms with Crippen molar-refractivity contribution in [3.05, 3.63) is 12.5 Å². The molecule has 0 aromatic carbocycles. The Hall–Kier alpha value is -1.14. The fourth-order valence-corrected chi connectivity index (χ4v) is 0.680. The van der Waals surface area contributed by atoms with Crippen molar-refractivity contribution in [2.24, 2.45) is 5.73 Å². The van der Waals surface area contributed by atoms with Crippen LogP contribution >= 0.6 is 0 Å². The molecule has 0 aromatic heterocycles. The van der Waals surface area contributed by atoms with Gasteiger partial charge < -0.3 is 15.8 Å². The van der Waals surface area contributed by atoms with Crippen molar-refractivity contribution in [1.29, 1.82) is 0 Å². The Morgan fingerprint density at radius 1 is 1.83 bits per heavy atom. The summed E-state index contributed by atoms with van der Waals surface area (Å²) in [7, 11) is 0. The maximum absolute atomic E-state index is 5.24. The van der Waals surface area contributed by atoms with Gasteiger partial charge in [-0.15, -0.1) is 6.42 Å². The van der Waals surface area contributed by atoms with Crippen molar-refractivity contribution >= 4 is 0 Å². The van der Waals surface area contributed by atoms with E-state index in [1.54, 1.807) is 0 Å². The molecule has 0 fully saturated rings. The second-order valence-corrected chi connectivity index (χ2v) is 2.33. The number of hydrogen-bond donors (Lipinski definition) is 2. The molecule has 0 aliphatic carbocycles. The largest absolute Gasteiger partial charge is 0.478 e. The average Bonchev–Trinajstić information content (AvgIpc) is 2.10. The Kier molecular flexibility index (Phi) is 5.94. The summed E-state index contributed by atoms with van der Waals surface area (Å²) in [6.45, 7) is 6.58. The van der Waals surface area contributed by atoms with E-state index in [1.807, 2.05) is 6.92 Å². The first-order chi connectivity index (χ1) is 5.74. The zero-order valence-corrected chi connectivity index (χ0v) is 7.47. The molecule has 3 heteroatoms. The molecule has 3 nitrogen and oxygen atoms in total. The van der Waals surface area contributed by atoms with E-state index in [0.29, 0.717) is 19.0 Å². The van der Waals surface area contributed by atoms with Gasteiger partial charge in [0.2, 0.25) is 0 Å². The first-order valence-electron chi connectivity index (χ1n) is 3.99. The summed E-state index contributed by atoms with van der Waals surface area (Å²) in [4.78, 5) is 0. The maximum Gasteiger partial charge on any atom is 0.180 e. The van der Waals surface area contributed by atoms with E-state index < -0.39 is 0 Å². The van der Waals surface area contributed by atoms with Crippen LogP contribution in [0.4, 0.5) is 0 Å². The Morgan fingerprint density at radius 3 is 2.92 bits per heavy atom. The Morgan fingerprint density at radius 2 is 2.50 bits per heavy atom. The first kappa shape index (κ1) is 10.9. The fourth-order valence-electron chi connectivity index (χ4n) is 0.680. The summed E-state index contributed by atoms with van der Waals surface area (Å²) in [6.07, 6.45) is 6.08. The lowest BCUT2D eigenvalue weighted by Crippen LogP contribution is -2.27. The summed E-state index contributed by atoms with van der Waals surface area (Å²) in [5.41, 5.74) is 5.24. The second-order valence-electron chi connectivity index (χ2n) is 2.33. The van der Waals surface area contributed by atoms with E-state index in [1.165, 1.54) is 0 Å². The Bertz CT molecular complexity index is 172. The normalized spacial score (nSPS) is 11.4. The van der Waals surface area contributed by atoms with Gasteiger partial charge in [-0.25, -0.2) is 0 Å². The molecule has 0 saturated carbocycles. The summed E-state index contributed by atoms with van der Waals surface area (Å²) >= 11 is 0. The first-order valence-corrected chi connectivity index (χ1v) is 3.99. The molecule has 0 heterocycles. The lowest BCUT2D eigenvalue weighted by atomic mass is 10.2. The van der Waals surface area contributed by atoms with Crippen LogP contribution in [-0.2, 0) is 4.74 Å². The van der Waals surface area contributed by atoms with Crippen LogP contribution in [0, 0.1) is 12.3 Å². The molecule has 12 heavy (non-hydrogen) atoms. The minimum Gasteiger partial charge on any atom is -0.478 e. The predicted molar refractivity (Wildman–Crippen MR) is 50.2 cm³/mol. The van der Waals surface area contributed by atoms with Crippen molar-refractivity contribution in [1.82, 2.24) is 5.32 Å². The highest BCUT2D eigenvalue weighted by atomic mass is 16.5. The van der Waals surface area contributed by atoms with Gasteiger partial charge in [-0.1, -0.05) is 12.8 Å². The second kappa shape index (κ2) is 6.56. The number of nitrogens with two attached hydrogens (primary N) is 1. The van der Waals surface area contributed by atoms with Gasteiger partial charge in [-0.2, -0.15) is 0 Å². The van der Waals surface area contributed by atoms with Crippen LogP contribution in [0.3, 0.4) is 0 Å². The molecule has 0 saturated heterocycles. The molecule has 68 valence electrons. The van der Waals surface area contributed by atoms with E-state index in [9.17, 15) is 0 Å². The van der Waals surface area contributed by atoms with Crippen molar-refractivity contribution < 1.29 is 4.74 Å². The highest BCUT2D eigenvalue weighted by molar-refractivity contribution is 5.02. The van der Waals surface area contributed by atoms with Crippen LogP contribution in [0.5, 0.6) is 0 Å². The molecule has 0 radical (unpaired) electrons. The van der Waals surface area contributed by atoms with Gasteiger partial charge >= 0.3 is 0 Å². The molecule has 0 bridgehead atoms. The number of terminal acetylenes is 1. The van der Waals surface area contributed by atoms with Crippen LogP contribution in [-0.4, -0.2) is 19.2 Å². The van der Waals surface area contributed by atoms with Crippen molar-refractivity contribution in [3.8, 4) is 12.3 Å². The SMILES string of the molecule is C#CC(CC)NC(=C)OCCN. The fraction of sp³-hybridized carbons (Fsp3) is 0.556. The van der Waals surface area contributed by atoms with Gasteiger partial charge in [0, 0.05) is 6.54 Å². The van der Waals surface area contributed by atoms with E-state index in [4.69, 9.17) is 16.9 Å². The van der Waals surface area contributed by atoms with Gasteiger partial charge in [-0.05, 0) is 13.0 Å². The molecule has 0 spiro atoms.